The highest BCUT2D eigenvalue weighted by Gasteiger charge is 2.14. The molecule has 0 saturated heterocycles. The van der Waals surface area contributed by atoms with Crippen LogP contribution in [0.2, 0.25) is 0 Å². The molecule has 0 aromatic carbocycles. The molecular weight excluding hydrogens is 284 g/mol. The van der Waals surface area contributed by atoms with E-state index in [4.69, 9.17) is 9.52 Å². The van der Waals surface area contributed by atoms with Crippen molar-refractivity contribution in [1.29, 1.82) is 0 Å². The van der Waals surface area contributed by atoms with Crippen molar-refractivity contribution in [2.45, 2.75) is 11.4 Å². The molecule has 20 heavy (non-hydrogen) atoms. The van der Waals surface area contributed by atoms with Crippen molar-refractivity contribution in [2.24, 2.45) is 0 Å². The Morgan fingerprint density at radius 1 is 1.40 bits per heavy atom. The molecule has 0 amide bonds. The second kappa shape index (κ2) is 5.33. The van der Waals surface area contributed by atoms with Gasteiger partial charge in [-0.15, -0.1) is 0 Å². The molecule has 8 heteroatoms. The summed E-state index contributed by atoms with van der Waals surface area (Å²) in [6, 6.07) is 5.79. The quantitative estimate of drug-likeness (QED) is 0.857. The van der Waals surface area contributed by atoms with E-state index >= 15 is 0 Å². The van der Waals surface area contributed by atoms with Crippen molar-refractivity contribution >= 4 is 21.6 Å². The first kappa shape index (κ1) is 14.1. The molecule has 0 spiro atoms. The van der Waals surface area contributed by atoms with Crippen LogP contribution < -0.4 is 5.32 Å². The fourth-order valence-corrected chi connectivity index (χ4v) is 2.38. The average Bonchev–Trinajstić information content (AvgIpc) is 2.84. The number of sulfone groups is 1. The van der Waals surface area contributed by atoms with Crippen molar-refractivity contribution in [3.05, 3.63) is 42.0 Å². The number of furan rings is 1. The molecule has 0 aliphatic rings. The van der Waals surface area contributed by atoms with Gasteiger partial charge in [-0.2, -0.15) is 0 Å². The number of carbonyl (C=O) groups is 1. The Morgan fingerprint density at radius 3 is 2.75 bits per heavy atom. The van der Waals surface area contributed by atoms with Crippen molar-refractivity contribution in [2.75, 3.05) is 11.6 Å². The summed E-state index contributed by atoms with van der Waals surface area (Å²) < 4.78 is 28.2. The number of aromatic carboxylic acids is 1. The fourth-order valence-electron chi connectivity index (χ4n) is 1.58. The monoisotopic (exact) mass is 296 g/mol. The molecule has 2 heterocycles. The summed E-state index contributed by atoms with van der Waals surface area (Å²) >= 11 is 0. The first-order valence-electron chi connectivity index (χ1n) is 5.59. The van der Waals surface area contributed by atoms with Gasteiger partial charge >= 0.3 is 5.97 Å². The lowest BCUT2D eigenvalue weighted by Crippen LogP contribution is -2.07. The summed E-state index contributed by atoms with van der Waals surface area (Å²) in [5.74, 6) is -0.771. The third kappa shape index (κ3) is 3.15. The normalized spacial score (nSPS) is 11.2. The Labute approximate surface area is 115 Å². The summed E-state index contributed by atoms with van der Waals surface area (Å²) in [6.45, 7) is 0.132. The van der Waals surface area contributed by atoms with Gasteiger partial charge < -0.3 is 14.8 Å². The molecule has 0 aliphatic carbocycles. The van der Waals surface area contributed by atoms with Crippen molar-refractivity contribution in [3.63, 3.8) is 0 Å². The van der Waals surface area contributed by atoms with Gasteiger partial charge in [0.05, 0.1) is 6.54 Å². The first-order valence-corrected chi connectivity index (χ1v) is 7.48. The zero-order valence-electron chi connectivity index (χ0n) is 10.5. The number of rotatable bonds is 5. The Morgan fingerprint density at radius 2 is 2.15 bits per heavy atom. The summed E-state index contributed by atoms with van der Waals surface area (Å²) in [5, 5.41) is 11.5. The van der Waals surface area contributed by atoms with Crippen LogP contribution >= 0.6 is 0 Å². The standard InChI is InChI=1S/C12H12N2O5S/c1-20(17,18)10-3-2-6-13-11(10)14-7-8-4-5-9(19-8)12(15)16/h2-6H,7H2,1H3,(H,13,14)(H,15,16). The second-order valence-electron chi connectivity index (χ2n) is 4.05. The van der Waals surface area contributed by atoms with E-state index < -0.39 is 15.8 Å². The van der Waals surface area contributed by atoms with Gasteiger partial charge in [-0.05, 0) is 24.3 Å². The van der Waals surface area contributed by atoms with Gasteiger partial charge in [0, 0.05) is 12.5 Å². The molecule has 2 aromatic heterocycles. The van der Waals surface area contributed by atoms with E-state index in [1.807, 2.05) is 0 Å². The third-order valence-electron chi connectivity index (χ3n) is 2.47. The summed E-state index contributed by atoms with van der Waals surface area (Å²) in [6.07, 6.45) is 2.55. The largest absolute Gasteiger partial charge is 0.475 e. The number of nitrogens with zero attached hydrogens (tertiary/aromatic N) is 1. The number of hydrogen-bond donors (Lipinski definition) is 2. The lowest BCUT2D eigenvalue weighted by atomic mass is 10.4. The number of nitrogens with one attached hydrogen (secondary N) is 1. The molecule has 2 N–H and O–H groups in total. The average molecular weight is 296 g/mol. The number of carboxylic acids is 1. The molecule has 2 rings (SSSR count). The van der Waals surface area contributed by atoms with Crippen molar-refractivity contribution < 1.29 is 22.7 Å². The maximum absolute atomic E-state index is 11.6. The molecule has 0 saturated carbocycles. The summed E-state index contributed by atoms with van der Waals surface area (Å²) in [5.41, 5.74) is 0. The molecule has 0 radical (unpaired) electrons. The minimum atomic E-state index is -3.40. The molecule has 2 aromatic rings. The Hall–Kier alpha value is -2.35. The van der Waals surface area contributed by atoms with E-state index in [2.05, 4.69) is 10.3 Å². The van der Waals surface area contributed by atoms with Gasteiger partial charge in [-0.25, -0.2) is 18.2 Å². The summed E-state index contributed by atoms with van der Waals surface area (Å²) in [7, 11) is -3.40. The molecule has 0 atom stereocenters. The van der Waals surface area contributed by atoms with Crippen LogP contribution in [0, 0.1) is 0 Å². The van der Waals surface area contributed by atoms with Gasteiger partial charge in [0.1, 0.15) is 16.5 Å². The smallest absolute Gasteiger partial charge is 0.371 e. The second-order valence-corrected chi connectivity index (χ2v) is 6.03. The van der Waals surface area contributed by atoms with Crippen LogP contribution in [0.3, 0.4) is 0 Å². The van der Waals surface area contributed by atoms with Crippen LogP contribution in [-0.2, 0) is 16.4 Å². The zero-order valence-corrected chi connectivity index (χ0v) is 11.3. The third-order valence-corrected chi connectivity index (χ3v) is 3.60. The maximum atomic E-state index is 11.6. The minimum absolute atomic E-state index is 0.0741. The number of anilines is 1. The Bertz CT molecular complexity index is 736. The number of hydrogen-bond acceptors (Lipinski definition) is 6. The van der Waals surface area contributed by atoms with E-state index in [0.717, 1.165) is 6.26 Å². The van der Waals surface area contributed by atoms with Gasteiger partial charge in [0.15, 0.2) is 9.84 Å². The van der Waals surface area contributed by atoms with E-state index in [1.165, 1.54) is 30.5 Å². The molecule has 0 aliphatic heterocycles. The van der Waals surface area contributed by atoms with Crippen LogP contribution in [0.1, 0.15) is 16.3 Å². The van der Waals surface area contributed by atoms with Crippen molar-refractivity contribution in [3.8, 4) is 0 Å². The minimum Gasteiger partial charge on any atom is -0.475 e. The summed E-state index contributed by atoms with van der Waals surface area (Å²) in [4.78, 5) is 14.7. The predicted octanol–water partition coefficient (Wildman–Crippen LogP) is 1.39. The van der Waals surface area contributed by atoms with E-state index in [9.17, 15) is 13.2 Å². The Balaban J connectivity index is 2.17. The molecule has 0 bridgehead atoms. The highest BCUT2D eigenvalue weighted by atomic mass is 32.2. The van der Waals surface area contributed by atoms with Gasteiger partial charge in [0.25, 0.3) is 0 Å². The topological polar surface area (TPSA) is 110 Å². The van der Waals surface area contributed by atoms with Crippen molar-refractivity contribution in [1.82, 2.24) is 4.98 Å². The molecule has 106 valence electrons. The maximum Gasteiger partial charge on any atom is 0.371 e. The van der Waals surface area contributed by atoms with Gasteiger partial charge in [-0.3, -0.25) is 0 Å². The van der Waals surface area contributed by atoms with E-state index in [1.54, 1.807) is 0 Å². The van der Waals surface area contributed by atoms with Crippen LogP contribution in [0.5, 0.6) is 0 Å². The molecule has 0 unspecified atom stereocenters. The van der Waals surface area contributed by atoms with Crippen LogP contribution in [0.25, 0.3) is 0 Å². The molecule has 7 nitrogen and oxygen atoms in total. The van der Waals surface area contributed by atoms with Crippen LogP contribution in [0.4, 0.5) is 5.82 Å². The van der Waals surface area contributed by atoms with E-state index in [-0.39, 0.29) is 23.0 Å². The highest BCUT2D eigenvalue weighted by Crippen LogP contribution is 2.19. The number of pyridine rings is 1. The predicted molar refractivity (Wildman–Crippen MR) is 70.3 cm³/mol. The number of carboxylic acid groups (broad SMARTS) is 1. The van der Waals surface area contributed by atoms with Crippen LogP contribution in [-0.4, -0.2) is 30.7 Å². The highest BCUT2D eigenvalue weighted by molar-refractivity contribution is 7.90. The first-order chi connectivity index (χ1) is 9.38. The fraction of sp³-hybridized carbons (Fsp3) is 0.167. The van der Waals surface area contributed by atoms with Crippen LogP contribution in [0.15, 0.2) is 39.8 Å². The SMILES string of the molecule is CS(=O)(=O)c1cccnc1NCc1ccc(C(=O)O)o1. The van der Waals surface area contributed by atoms with E-state index in [0.29, 0.717) is 5.76 Å². The van der Waals surface area contributed by atoms with Gasteiger partial charge in [-0.1, -0.05) is 0 Å². The van der Waals surface area contributed by atoms with Gasteiger partial charge in [0.2, 0.25) is 5.76 Å². The lowest BCUT2D eigenvalue weighted by Gasteiger charge is -2.07. The molecular formula is C12H12N2O5S. The number of aromatic nitrogens is 1. The lowest BCUT2D eigenvalue weighted by molar-refractivity contribution is 0.0660. The zero-order chi connectivity index (χ0) is 14.8. The molecule has 0 fully saturated rings. The Kier molecular flexibility index (Phi) is 3.75.